The molecule has 74 heavy (non-hydrogen) atoms. The molecule has 3 aromatic heterocycles. The van der Waals surface area contributed by atoms with Gasteiger partial charge in [0.2, 0.25) is 0 Å². The molecule has 0 bridgehead atoms. The molecule has 5 nitrogen and oxygen atoms in total. The molecule has 14 aromatic rings. The summed E-state index contributed by atoms with van der Waals surface area (Å²) in [5.74, 6) is 1.70. The van der Waals surface area contributed by atoms with Crippen LogP contribution in [0.3, 0.4) is 0 Å². The Morgan fingerprint density at radius 1 is 0.243 bits per heavy atom. The van der Waals surface area contributed by atoms with Crippen LogP contribution in [0.15, 0.2) is 271 Å². The SMILES string of the molecule is c1ccc(-c2ccc(-c3cc(-c4nc(-c5ccccc5)nc(-c5ccc6c(c5)oc5ccccc56)n4)cc(-c4ccc(-c5ccccc5)cc4)c3-n3c4ccccc4c4cc(-c5ccccc5)ccc43)cc2)cc1. The minimum atomic E-state index is 0.555. The first-order chi connectivity index (χ1) is 36.7. The summed E-state index contributed by atoms with van der Waals surface area (Å²) >= 11 is 0. The van der Waals surface area contributed by atoms with E-state index in [1.165, 1.54) is 21.9 Å². The number of nitrogens with zero attached hydrogens (tertiary/aromatic N) is 4. The second-order valence-electron chi connectivity index (χ2n) is 18.7. The van der Waals surface area contributed by atoms with Crippen molar-refractivity contribution in [2.24, 2.45) is 0 Å². The average Bonchev–Trinajstić information content (AvgIpc) is 4.03. The standard InChI is InChI=1S/C69H44N4O/c1-5-17-45(18-6-1)48-29-33-50(34-30-48)59-42-55(69-71-67(52-23-11-4-12-24-52)70-68(72-69)54-37-39-58-57-26-14-16-28-64(57)74-65(58)44-54)43-60(51-35-31-49(32-36-51)46-19-7-2-8-20-46)66(59)73-62-27-15-13-25-56(62)61-41-53(38-40-63(61)73)47-21-9-3-10-22-47/h1-44H. The van der Waals surface area contributed by atoms with Crippen molar-refractivity contribution in [3.63, 3.8) is 0 Å². The van der Waals surface area contributed by atoms with Crippen molar-refractivity contribution in [3.8, 4) is 95.5 Å². The van der Waals surface area contributed by atoms with E-state index in [4.69, 9.17) is 19.4 Å². The van der Waals surface area contributed by atoms with Gasteiger partial charge in [0.15, 0.2) is 17.5 Å². The molecule has 0 amide bonds. The van der Waals surface area contributed by atoms with E-state index in [1.54, 1.807) is 0 Å². The van der Waals surface area contributed by atoms with E-state index in [1.807, 2.05) is 36.4 Å². The van der Waals surface area contributed by atoms with Gasteiger partial charge in [0.25, 0.3) is 0 Å². The number of para-hydroxylation sites is 2. The molecule has 0 aliphatic carbocycles. The summed E-state index contributed by atoms with van der Waals surface area (Å²) in [7, 11) is 0. The highest BCUT2D eigenvalue weighted by Gasteiger charge is 2.24. The Morgan fingerprint density at radius 2 is 0.649 bits per heavy atom. The molecule has 0 spiro atoms. The molecule has 0 saturated heterocycles. The Kier molecular flexibility index (Phi) is 10.4. The number of fused-ring (bicyclic) bond motifs is 6. The molecule has 0 N–H and O–H groups in total. The van der Waals surface area contributed by atoms with E-state index in [9.17, 15) is 0 Å². The van der Waals surface area contributed by atoms with Crippen molar-refractivity contribution in [3.05, 3.63) is 267 Å². The van der Waals surface area contributed by atoms with Crippen LogP contribution in [0.2, 0.25) is 0 Å². The molecule has 0 aliphatic heterocycles. The Labute approximate surface area is 428 Å². The quantitative estimate of drug-likeness (QED) is 0.145. The van der Waals surface area contributed by atoms with Crippen LogP contribution in [-0.4, -0.2) is 19.5 Å². The van der Waals surface area contributed by atoms with Crippen molar-refractivity contribution in [1.82, 2.24) is 19.5 Å². The first-order valence-corrected chi connectivity index (χ1v) is 25.0. The van der Waals surface area contributed by atoms with E-state index in [2.05, 4.69) is 235 Å². The first kappa shape index (κ1) is 42.9. The van der Waals surface area contributed by atoms with E-state index in [0.717, 1.165) is 99.9 Å². The summed E-state index contributed by atoms with van der Waals surface area (Å²) in [4.78, 5) is 15.9. The highest BCUT2D eigenvalue weighted by Crippen LogP contribution is 2.45. The summed E-state index contributed by atoms with van der Waals surface area (Å²) in [5, 5.41) is 4.47. The lowest BCUT2D eigenvalue weighted by molar-refractivity contribution is 0.669. The molecule has 0 unspecified atom stereocenters. The Bertz CT molecular complexity index is 4270. The van der Waals surface area contributed by atoms with Gasteiger partial charge in [-0.3, -0.25) is 0 Å². The minimum absolute atomic E-state index is 0.555. The van der Waals surface area contributed by atoms with E-state index >= 15 is 0 Å². The number of hydrogen-bond acceptors (Lipinski definition) is 4. The molecule has 0 fully saturated rings. The first-order valence-electron chi connectivity index (χ1n) is 25.0. The van der Waals surface area contributed by atoms with Crippen molar-refractivity contribution in [1.29, 1.82) is 0 Å². The molecule has 14 rings (SSSR count). The number of benzene rings is 11. The molecule has 3 heterocycles. The maximum Gasteiger partial charge on any atom is 0.164 e. The van der Waals surface area contributed by atoms with Gasteiger partial charge in [0, 0.05) is 49.4 Å². The Hall–Kier alpha value is -9.97. The monoisotopic (exact) mass is 944 g/mol. The van der Waals surface area contributed by atoms with E-state index in [0.29, 0.717) is 17.5 Å². The van der Waals surface area contributed by atoms with Gasteiger partial charge in [-0.25, -0.2) is 15.0 Å². The predicted octanol–water partition coefficient (Wildman–Crippen LogP) is 18.2. The lowest BCUT2D eigenvalue weighted by Crippen LogP contribution is -2.04. The maximum atomic E-state index is 6.41. The maximum absolute atomic E-state index is 6.41. The number of aromatic nitrogens is 4. The summed E-state index contributed by atoms with van der Waals surface area (Å²) in [5.41, 5.74) is 18.6. The zero-order valence-electron chi connectivity index (χ0n) is 40.1. The fraction of sp³-hybridized carbons (Fsp3) is 0. The number of furan rings is 1. The van der Waals surface area contributed by atoms with Crippen LogP contribution in [0.1, 0.15) is 0 Å². The summed E-state index contributed by atoms with van der Waals surface area (Å²) in [6.07, 6.45) is 0. The van der Waals surface area contributed by atoms with Gasteiger partial charge >= 0.3 is 0 Å². The third-order valence-electron chi connectivity index (χ3n) is 14.3. The highest BCUT2D eigenvalue weighted by atomic mass is 16.3. The molecule has 0 radical (unpaired) electrons. The third kappa shape index (κ3) is 7.63. The van der Waals surface area contributed by atoms with Crippen molar-refractivity contribution in [2.45, 2.75) is 0 Å². The summed E-state index contributed by atoms with van der Waals surface area (Å²) in [6, 6.07) is 94.5. The molecule has 0 saturated carbocycles. The molecular weight excluding hydrogens is 901 g/mol. The van der Waals surface area contributed by atoms with Gasteiger partial charge < -0.3 is 8.98 Å². The van der Waals surface area contributed by atoms with Gasteiger partial charge in [0.05, 0.1) is 16.7 Å². The normalized spacial score (nSPS) is 11.5. The van der Waals surface area contributed by atoms with Gasteiger partial charge in [-0.1, -0.05) is 218 Å². The number of hydrogen-bond donors (Lipinski definition) is 0. The average molecular weight is 945 g/mol. The fourth-order valence-corrected chi connectivity index (χ4v) is 10.6. The van der Waals surface area contributed by atoms with Gasteiger partial charge in [0.1, 0.15) is 11.2 Å². The van der Waals surface area contributed by atoms with Crippen molar-refractivity contribution < 1.29 is 4.42 Å². The zero-order valence-corrected chi connectivity index (χ0v) is 40.1. The Morgan fingerprint density at radius 3 is 1.24 bits per heavy atom. The van der Waals surface area contributed by atoms with E-state index < -0.39 is 0 Å². The largest absolute Gasteiger partial charge is 0.456 e. The predicted molar refractivity (Wildman–Crippen MR) is 305 cm³/mol. The lowest BCUT2D eigenvalue weighted by Gasteiger charge is -2.21. The van der Waals surface area contributed by atoms with Crippen LogP contribution in [0.25, 0.3) is 139 Å². The topological polar surface area (TPSA) is 56.7 Å². The van der Waals surface area contributed by atoms with Crippen LogP contribution in [0, 0.1) is 0 Å². The van der Waals surface area contributed by atoms with Crippen LogP contribution in [-0.2, 0) is 0 Å². The van der Waals surface area contributed by atoms with Gasteiger partial charge in [-0.2, -0.15) is 0 Å². The molecule has 11 aromatic carbocycles. The van der Waals surface area contributed by atoms with Crippen molar-refractivity contribution in [2.75, 3.05) is 0 Å². The van der Waals surface area contributed by atoms with Crippen molar-refractivity contribution >= 4 is 43.7 Å². The summed E-state index contributed by atoms with van der Waals surface area (Å²) in [6.45, 7) is 0. The van der Waals surface area contributed by atoms with Crippen LogP contribution < -0.4 is 0 Å². The Balaban J connectivity index is 1.06. The van der Waals surface area contributed by atoms with E-state index in [-0.39, 0.29) is 0 Å². The summed E-state index contributed by atoms with van der Waals surface area (Å²) < 4.78 is 8.89. The zero-order chi connectivity index (χ0) is 49.0. The minimum Gasteiger partial charge on any atom is -0.456 e. The smallest absolute Gasteiger partial charge is 0.164 e. The second kappa shape index (κ2) is 18.0. The van der Waals surface area contributed by atoms with Gasteiger partial charge in [-0.15, -0.1) is 0 Å². The molecular formula is C69H44N4O. The molecule has 346 valence electrons. The number of rotatable bonds is 9. The third-order valence-corrected chi connectivity index (χ3v) is 14.3. The lowest BCUT2D eigenvalue weighted by atomic mass is 9.91. The second-order valence-corrected chi connectivity index (χ2v) is 18.7. The van der Waals surface area contributed by atoms with Crippen LogP contribution in [0.5, 0.6) is 0 Å². The van der Waals surface area contributed by atoms with Crippen LogP contribution in [0.4, 0.5) is 0 Å². The van der Waals surface area contributed by atoms with Gasteiger partial charge in [-0.05, 0) is 93.0 Å². The fourth-order valence-electron chi connectivity index (χ4n) is 10.6. The molecule has 5 heteroatoms. The highest BCUT2D eigenvalue weighted by molar-refractivity contribution is 6.12. The molecule has 0 atom stereocenters. The molecule has 0 aliphatic rings. The van der Waals surface area contributed by atoms with Crippen LogP contribution >= 0.6 is 0 Å².